The zero-order valence-electron chi connectivity index (χ0n) is 73.2. The zero-order chi connectivity index (χ0) is 85.7. The summed E-state index contributed by atoms with van der Waals surface area (Å²) < 4.78 is 73.3. The first-order valence-corrected chi connectivity index (χ1v) is 47.9. The number of rotatable bonds is 28. The van der Waals surface area contributed by atoms with E-state index >= 15 is 0 Å². The molecule has 6 aromatic carbocycles. The van der Waals surface area contributed by atoms with E-state index in [1.165, 1.54) is 139 Å². The Labute approximate surface area is 779 Å². The number of fused-ring (bicyclic) bond motifs is 10. The summed E-state index contributed by atoms with van der Waals surface area (Å²) >= 11 is -1.23. The van der Waals surface area contributed by atoms with Crippen molar-refractivity contribution in [1.29, 1.82) is 0 Å². The summed E-state index contributed by atoms with van der Waals surface area (Å²) in [6.45, 7) is 24.4. The van der Waals surface area contributed by atoms with Crippen LogP contribution in [0.5, 0.6) is 0 Å². The number of benzene rings is 6. The summed E-state index contributed by atoms with van der Waals surface area (Å²) in [5.74, 6) is 6.76. The van der Waals surface area contributed by atoms with E-state index in [0.717, 1.165) is 84.9 Å². The van der Waals surface area contributed by atoms with Crippen LogP contribution in [0.25, 0.3) is 0 Å². The summed E-state index contributed by atoms with van der Waals surface area (Å²) in [5, 5.41) is 17.7. The van der Waals surface area contributed by atoms with Gasteiger partial charge >= 0.3 is 52.0 Å². The first-order chi connectivity index (χ1) is 56.9. The topological polar surface area (TPSA) is 136 Å². The monoisotopic (exact) mass is 1770 g/mol. The number of hydrogen-bond acceptors (Lipinski definition) is 12. The van der Waals surface area contributed by atoms with Gasteiger partial charge in [-0.2, -0.15) is 26.2 Å². The molecule has 649 valence electrons. The van der Waals surface area contributed by atoms with Crippen LogP contribution in [0.1, 0.15) is 231 Å². The predicted octanol–water partition coefficient (Wildman–Crippen LogP) is 16.5. The SMILES string of the molecule is C.CC(C)CCCC(C)C1CCC2C3CCC4CC(OC(=O)C(F)(F)SOO[O-])CCC4(C)C3CCC12C.CC(C)CCCC(C)C1CCC2C3CCC4CC(OC(=O)C(F)(F)SOO[O-])CCC4(C)C3CCC12C.[B][B]B([B])B([B])[B].[Cl-].[Na+].c1ccc([S+](c2ccccc2)c2ccccc2)cc1.c1ccc([S+](c2ccccc2)c2ccccc2)cc1. The van der Waals surface area contributed by atoms with Crippen molar-refractivity contribution in [2.75, 3.05) is 0 Å². The first kappa shape index (κ1) is 106. The molecule has 122 heavy (non-hydrogen) atoms. The van der Waals surface area contributed by atoms with Crippen LogP contribution in [0.4, 0.5) is 17.6 Å². The van der Waals surface area contributed by atoms with Crippen molar-refractivity contribution >= 4 is 109 Å². The second kappa shape index (κ2) is 49.8. The van der Waals surface area contributed by atoms with Crippen molar-refractivity contribution in [2.45, 2.75) is 283 Å². The number of alkyl halides is 4. The maximum atomic E-state index is 13.9. The molecule has 27 heteroatoms. The molecule has 0 spiro atoms. The summed E-state index contributed by atoms with van der Waals surface area (Å²) in [7, 11) is 21.6. The molecule has 0 saturated heterocycles. The minimum Gasteiger partial charge on any atom is -1.00 e. The van der Waals surface area contributed by atoms with Crippen LogP contribution >= 0.6 is 24.1 Å². The molecule has 0 heterocycles. The van der Waals surface area contributed by atoms with E-state index in [1.807, 2.05) is 0 Å². The smallest absolute Gasteiger partial charge is 1.00 e. The fourth-order valence-corrected chi connectivity index (χ4v) is 28.3. The van der Waals surface area contributed by atoms with Gasteiger partial charge in [-0.05, 0) is 293 Å². The van der Waals surface area contributed by atoms with Gasteiger partial charge in [-0.15, -0.1) is 0 Å². The maximum Gasteiger partial charge on any atom is 1.00 e. The second-order valence-electron chi connectivity index (χ2n) is 37.3. The van der Waals surface area contributed by atoms with Gasteiger partial charge in [0.1, 0.15) is 36.3 Å². The molecule has 0 aromatic heterocycles. The van der Waals surface area contributed by atoms with Gasteiger partial charge < -0.3 is 32.4 Å². The average Bonchev–Trinajstić information content (AvgIpc) is 1.46. The van der Waals surface area contributed by atoms with E-state index in [2.05, 4.69) is 270 Å². The molecule has 9 radical (unpaired) electrons. The van der Waals surface area contributed by atoms with Crippen LogP contribution in [0.2, 0.25) is 0 Å². The molecule has 8 saturated carbocycles. The largest absolute Gasteiger partial charge is 1.00 e. The minimum absolute atomic E-state index is 0. The Morgan fingerprint density at radius 3 is 0.984 bits per heavy atom. The zero-order valence-corrected chi connectivity index (χ0v) is 79.2. The minimum atomic E-state index is -3.97. The quantitative estimate of drug-likeness (QED) is 0.00880. The van der Waals surface area contributed by atoms with Gasteiger partial charge in [-0.25, -0.2) is 9.59 Å². The molecule has 0 bridgehead atoms. The van der Waals surface area contributed by atoms with Crippen LogP contribution in [-0.2, 0) is 59.6 Å². The third kappa shape index (κ3) is 27.1. The summed E-state index contributed by atoms with van der Waals surface area (Å²) in [6, 6.07) is 64.3. The average molecular weight is 1770 g/mol. The van der Waals surface area contributed by atoms with Crippen molar-refractivity contribution in [1.82, 2.24) is 0 Å². The third-order valence-corrected chi connectivity index (χ3v) is 35.0. The van der Waals surface area contributed by atoms with E-state index in [-0.39, 0.29) is 88.4 Å². The van der Waals surface area contributed by atoms with E-state index in [0.29, 0.717) is 60.2 Å². The van der Waals surface area contributed by atoms with Crippen molar-refractivity contribution in [3.05, 3.63) is 182 Å². The number of esters is 2. The Balaban J connectivity index is 0.000000224. The van der Waals surface area contributed by atoms with Crippen molar-refractivity contribution in [3.63, 3.8) is 0 Å². The Morgan fingerprint density at radius 2 is 0.730 bits per heavy atom. The van der Waals surface area contributed by atoms with Crippen LogP contribution in [0.15, 0.2) is 211 Å². The number of ether oxygens (including phenoxy) is 2. The molecule has 8 aliphatic carbocycles. The molecule has 0 N–H and O–H groups in total. The molecule has 18 atom stereocenters. The normalized spacial score (nSPS) is 28.3. The molecular formula is C95H128B7ClF4NaO10S4. The van der Waals surface area contributed by atoms with E-state index in [9.17, 15) is 37.7 Å². The maximum absolute atomic E-state index is 13.9. The van der Waals surface area contributed by atoms with Crippen molar-refractivity contribution < 1.29 is 108 Å². The Hall–Kier alpha value is -3.12. The summed E-state index contributed by atoms with van der Waals surface area (Å²) in [4.78, 5) is 32.2. The fourth-order valence-electron chi connectivity index (χ4n) is 23.6. The Kier molecular flexibility index (Phi) is 43.2. The van der Waals surface area contributed by atoms with Gasteiger partial charge in [0.15, 0.2) is 29.4 Å². The molecule has 0 amide bonds. The van der Waals surface area contributed by atoms with Gasteiger partial charge in [0.25, 0.3) is 0 Å². The molecular weight excluding hydrogens is 1640 g/mol. The molecule has 0 aliphatic heterocycles. The van der Waals surface area contributed by atoms with Crippen LogP contribution in [0.3, 0.4) is 0 Å². The number of carbonyl (C=O) groups excluding carboxylic acids is 2. The van der Waals surface area contributed by atoms with Crippen LogP contribution < -0.4 is 52.5 Å². The standard InChI is InChI=1S/2C29H48F2O5S.2C18H15S.CH4.B7.ClH.Na/c2*1-18(2)7-6-8-19(3)23-11-12-24-22-10-9-20-17-21(34-26(32)29(30,31)37-36-35-33)13-15-27(20,4)25(22)14-16-28(23,24)5;2*1-4-10-16(11-5-1)19(17-12-6-2-7-13-17)18-14-8-3-9-15-18;;1-5-7(4)6(2)3;;/h2*18-25,33H,6-17H2,1-5H3;2*1-15H;1H4;;1H;/q;;2*+1;;;;+1/p-3. The van der Waals surface area contributed by atoms with Crippen LogP contribution in [-0.4, -0.2) is 85.4 Å². The van der Waals surface area contributed by atoms with Gasteiger partial charge in [-0.3, -0.25) is 10.1 Å². The summed E-state index contributed by atoms with van der Waals surface area (Å²) in [5.41, 5.74) is 1.27. The number of halogens is 5. The summed E-state index contributed by atoms with van der Waals surface area (Å²) in [6.07, 6.45) is 25.6. The molecule has 10 nitrogen and oxygen atoms in total. The predicted molar refractivity (Wildman–Crippen MR) is 485 cm³/mol. The van der Waals surface area contributed by atoms with Crippen molar-refractivity contribution in [3.8, 4) is 0 Å². The Morgan fingerprint density at radius 1 is 0.451 bits per heavy atom. The van der Waals surface area contributed by atoms with Gasteiger partial charge in [-0.1, -0.05) is 224 Å². The van der Waals surface area contributed by atoms with Gasteiger partial charge in [0, 0.05) is 50.8 Å². The molecule has 8 fully saturated rings. The van der Waals surface area contributed by atoms with E-state index in [4.69, 9.17) is 40.4 Å². The van der Waals surface area contributed by atoms with Crippen LogP contribution in [0, 0.1) is 105 Å². The first-order valence-electron chi connectivity index (χ1n) is 44.0. The number of carbonyl (C=O) groups is 2. The Bertz CT molecular complexity index is 3570. The van der Waals surface area contributed by atoms with E-state index < -0.39 is 65.1 Å². The van der Waals surface area contributed by atoms with Crippen molar-refractivity contribution in [2.24, 2.45) is 105 Å². The third-order valence-electron chi connectivity index (χ3n) is 29.5. The second-order valence-corrected chi connectivity index (χ2v) is 43.0. The van der Waals surface area contributed by atoms with Gasteiger partial charge in [0.05, 0.1) is 21.8 Å². The fraction of sp³-hybridized carbons (Fsp3) is 0.600. The molecule has 6 aromatic rings. The molecule has 14 rings (SSSR count). The van der Waals surface area contributed by atoms with E-state index in [1.54, 1.807) is 0 Å². The molecule has 8 aliphatic rings. The number of hydrogen-bond donors (Lipinski definition) is 0. The molecule has 18 unspecified atom stereocenters. The van der Waals surface area contributed by atoms with Gasteiger partial charge in [0.2, 0.25) is 0 Å².